The lowest BCUT2D eigenvalue weighted by Gasteiger charge is -2.13. The van der Waals surface area contributed by atoms with Gasteiger partial charge in [-0.15, -0.1) is 0 Å². The molecule has 1 amide bonds. The summed E-state index contributed by atoms with van der Waals surface area (Å²) in [6, 6.07) is 3.30. The zero-order chi connectivity index (χ0) is 13.0. The molecule has 4 nitrogen and oxygen atoms in total. The maximum atomic E-state index is 11.9. The van der Waals surface area contributed by atoms with Gasteiger partial charge in [-0.2, -0.15) is 0 Å². The van der Waals surface area contributed by atoms with Gasteiger partial charge in [-0.3, -0.25) is 4.79 Å². The van der Waals surface area contributed by atoms with Gasteiger partial charge in [0.2, 0.25) is 0 Å². The minimum Gasteiger partial charge on any atom is -0.363 e. The molecular weight excluding hydrogens is 238 g/mol. The number of nitrogens with zero attached hydrogens (tertiary/aromatic N) is 2. The summed E-state index contributed by atoms with van der Waals surface area (Å²) in [7, 11) is 3.71. The van der Waals surface area contributed by atoms with Gasteiger partial charge < -0.3 is 10.2 Å². The number of nitrogens with one attached hydrogen (secondary N) is 1. The second kappa shape index (κ2) is 5.87. The van der Waals surface area contributed by atoms with Crippen LogP contribution in [0.15, 0.2) is 12.1 Å². The van der Waals surface area contributed by atoms with E-state index in [-0.39, 0.29) is 5.91 Å². The van der Waals surface area contributed by atoms with Crippen molar-refractivity contribution < 1.29 is 4.79 Å². The first-order chi connectivity index (χ1) is 7.90. The fraction of sp³-hybridized carbons (Fsp3) is 0.500. The Balaban J connectivity index is 2.86. The Morgan fingerprint density at radius 1 is 1.47 bits per heavy atom. The van der Waals surface area contributed by atoms with Gasteiger partial charge in [-0.25, -0.2) is 4.98 Å². The average molecular weight is 256 g/mol. The molecule has 94 valence electrons. The molecule has 0 aromatic carbocycles. The quantitative estimate of drug-likeness (QED) is 0.839. The van der Waals surface area contributed by atoms with E-state index >= 15 is 0 Å². The number of hydrogen-bond acceptors (Lipinski definition) is 3. The third kappa shape index (κ3) is 4.23. The topological polar surface area (TPSA) is 45.2 Å². The summed E-state index contributed by atoms with van der Waals surface area (Å²) < 4.78 is 0. The predicted molar refractivity (Wildman–Crippen MR) is 70.7 cm³/mol. The van der Waals surface area contributed by atoms with Crippen molar-refractivity contribution in [1.82, 2.24) is 10.3 Å². The molecule has 0 aliphatic rings. The number of halogens is 1. The van der Waals surface area contributed by atoms with E-state index in [1.165, 1.54) is 0 Å². The molecule has 0 saturated carbocycles. The molecular formula is C12H18ClN3O. The normalized spacial score (nSPS) is 10.5. The summed E-state index contributed by atoms with van der Waals surface area (Å²) in [4.78, 5) is 17.8. The van der Waals surface area contributed by atoms with Crippen molar-refractivity contribution >= 4 is 23.3 Å². The fourth-order valence-electron chi connectivity index (χ4n) is 1.24. The molecule has 0 aliphatic heterocycles. The number of amides is 1. The van der Waals surface area contributed by atoms with E-state index < -0.39 is 0 Å². The second-order valence-corrected chi connectivity index (χ2v) is 4.92. The SMILES string of the molecule is CC(C)CNC(=O)c1cc(Cl)nc(N(C)C)c1. The molecule has 1 aromatic rings. The van der Waals surface area contributed by atoms with Gasteiger partial charge in [-0.1, -0.05) is 25.4 Å². The highest BCUT2D eigenvalue weighted by Gasteiger charge is 2.10. The molecule has 0 bridgehead atoms. The highest BCUT2D eigenvalue weighted by atomic mass is 35.5. The Morgan fingerprint density at radius 2 is 2.12 bits per heavy atom. The van der Waals surface area contributed by atoms with E-state index in [9.17, 15) is 4.79 Å². The van der Waals surface area contributed by atoms with Gasteiger partial charge in [-0.05, 0) is 18.1 Å². The molecule has 1 N–H and O–H groups in total. The van der Waals surface area contributed by atoms with Crippen molar-refractivity contribution in [3.63, 3.8) is 0 Å². The van der Waals surface area contributed by atoms with E-state index in [2.05, 4.69) is 10.3 Å². The van der Waals surface area contributed by atoms with Gasteiger partial charge in [0.05, 0.1) is 0 Å². The number of pyridine rings is 1. The van der Waals surface area contributed by atoms with E-state index in [1.807, 2.05) is 32.8 Å². The fourth-order valence-corrected chi connectivity index (χ4v) is 1.45. The van der Waals surface area contributed by atoms with Gasteiger partial charge in [0.15, 0.2) is 0 Å². The molecule has 0 unspecified atom stereocenters. The van der Waals surface area contributed by atoms with Gasteiger partial charge >= 0.3 is 0 Å². The Hall–Kier alpha value is -1.29. The van der Waals surface area contributed by atoms with Crippen LogP contribution in [0.3, 0.4) is 0 Å². The molecule has 0 aliphatic carbocycles. The maximum Gasteiger partial charge on any atom is 0.251 e. The van der Waals surface area contributed by atoms with E-state index in [1.54, 1.807) is 12.1 Å². The molecule has 0 spiro atoms. The number of rotatable bonds is 4. The first-order valence-corrected chi connectivity index (χ1v) is 5.91. The van der Waals surface area contributed by atoms with Crippen LogP contribution in [0.2, 0.25) is 5.15 Å². The van der Waals surface area contributed by atoms with Crippen molar-refractivity contribution in [2.75, 3.05) is 25.5 Å². The van der Waals surface area contributed by atoms with Crippen LogP contribution in [0, 0.1) is 5.92 Å². The molecule has 0 fully saturated rings. The molecule has 1 heterocycles. The molecule has 1 aromatic heterocycles. The Kier molecular flexibility index (Phi) is 4.75. The van der Waals surface area contributed by atoms with Crippen LogP contribution in [-0.4, -0.2) is 31.5 Å². The Labute approximate surface area is 107 Å². The van der Waals surface area contributed by atoms with E-state index in [0.29, 0.717) is 29.0 Å². The number of aromatic nitrogens is 1. The van der Waals surface area contributed by atoms with Gasteiger partial charge in [0.25, 0.3) is 5.91 Å². The van der Waals surface area contributed by atoms with Crippen LogP contribution < -0.4 is 10.2 Å². The summed E-state index contributed by atoms with van der Waals surface area (Å²) in [5.41, 5.74) is 0.536. The zero-order valence-electron chi connectivity index (χ0n) is 10.6. The number of carbonyl (C=O) groups is 1. The molecule has 17 heavy (non-hydrogen) atoms. The Bertz CT molecular complexity index is 405. The summed E-state index contributed by atoms with van der Waals surface area (Å²) in [6.07, 6.45) is 0. The monoisotopic (exact) mass is 255 g/mol. The number of carbonyl (C=O) groups excluding carboxylic acids is 1. The Morgan fingerprint density at radius 3 is 2.65 bits per heavy atom. The summed E-state index contributed by atoms with van der Waals surface area (Å²) in [5, 5.41) is 3.17. The molecule has 0 saturated heterocycles. The lowest BCUT2D eigenvalue weighted by Crippen LogP contribution is -2.27. The van der Waals surface area contributed by atoms with Crippen molar-refractivity contribution in [3.05, 3.63) is 22.8 Å². The van der Waals surface area contributed by atoms with Crippen LogP contribution in [-0.2, 0) is 0 Å². The van der Waals surface area contributed by atoms with E-state index in [4.69, 9.17) is 11.6 Å². The van der Waals surface area contributed by atoms with E-state index in [0.717, 1.165) is 0 Å². The number of hydrogen-bond donors (Lipinski definition) is 1. The molecule has 5 heteroatoms. The molecule has 0 radical (unpaired) electrons. The van der Waals surface area contributed by atoms with Crippen molar-refractivity contribution in [2.24, 2.45) is 5.92 Å². The maximum absolute atomic E-state index is 11.9. The van der Waals surface area contributed by atoms with Crippen LogP contribution in [0.5, 0.6) is 0 Å². The third-order valence-corrected chi connectivity index (χ3v) is 2.37. The third-order valence-electron chi connectivity index (χ3n) is 2.17. The summed E-state index contributed by atoms with van der Waals surface area (Å²) >= 11 is 5.88. The second-order valence-electron chi connectivity index (χ2n) is 4.54. The minimum absolute atomic E-state index is 0.119. The highest BCUT2D eigenvalue weighted by Crippen LogP contribution is 2.16. The average Bonchev–Trinajstić information content (AvgIpc) is 2.24. The van der Waals surface area contributed by atoms with Crippen LogP contribution >= 0.6 is 11.6 Å². The lowest BCUT2D eigenvalue weighted by molar-refractivity contribution is 0.0949. The molecule has 1 rings (SSSR count). The first kappa shape index (κ1) is 13.8. The van der Waals surface area contributed by atoms with Crippen LogP contribution in [0.25, 0.3) is 0 Å². The lowest BCUT2D eigenvalue weighted by atomic mass is 10.2. The molecule has 0 atom stereocenters. The van der Waals surface area contributed by atoms with Crippen LogP contribution in [0.1, 0.15) is 24.2 Å². The van der Waals surface area contributed by atoms with Gasteiger partial charge in [0, 0.05) is 26.2 Å². The summed E-state index contributed by atoms with van der Waals surface area (Å²) in [6.45, 7) is 4.74. The van der Waals surface area contributed by atoms with Crippen molar-refractivity contribution in [1.29, 1.82) is 0 Å². The predicted octanol–water partition coefficient (Wildman–Crippen LogP) is 2.19. The van der Waals surface area contributed by atoms with Crippen molar-refractivity contribution in [3.8, 4) is 0 Å². The highest BCUT2D eigenvalue weighted by molar-refractivity contribution is 6.29. The van der Waals surface area contributed by atoms with Crippen LogP contribution in [0.4, 0.5) is 5.82 Å². The van der Waals surface area contributed by atoms with Crippen molar-refractivity contribution in [2.45, 2.75) is 13.8 Å². The standard InChI is InChI=1S/C12H18ClN3O/c1-8(2)7-14-12(17)9-5-10(13)15-11(6-9)16(3)4/h5-6,8H,7H2,1-4H3,(H,14,17). The smallest absolute Gasteiger partial charge is 0.251 e. The number of anilines is 1. The van der Waals surface area contributed by atoms with Gasteiger partial charge in [0.1, 0.15) is 11.0 Å². The minimum atomic E-state index is -0.119. The zero-order valence-corrected chi connectivity index (χ0v) is 11.4. The summed E-state index contributed by atoms with van der Waals surface area (Å²) in [5.74, 6) is 0.975. The first-order valence-electron chi connectivity index (χ1n) is 5.53. The largest absolute Gasteiger partial charge is 0.363 e.